The van der Waals surface area contributed by atoms with Crippen LogP contribution in [-0.4, -0.2) is 60.5 Å². The van der Waals surface area contributed by atoms with Gasteiger partial charge in [-0.25, -0.2) is 0 Å². The molecule has 60 heavy (non-hydrogen) atoms. The molecule has 8 bridgehead atoms. The van der Waals surface area contributed by atoms with E-state index in [9.17, 15) is 14.4 Å². The summed E-state index contributed by atoms with van der Waals surface area (Å²) in [5.41, 5.74) is 10.7. The van der Waals surface area contributed by atoms with Crippen LogP contribution >= 0.6 is 0 Å². The predicted octanol–water partition coefficient (Wildman–Crippen LogP) is 6.36. The number of methoxy groups -OCH3 is 1. The largest absolute Gasteiger partial charge is 2.00 e. The Hall–Kier alpha value is -4.02. The zero-order chi connectivity index (χ0) is 42.7. The molecule has 0 N–H and O–H groups in total. The Morgan fingerprint density at radius 2 is 1.50 bits per heavy atom. The summed E-state index contributed by atoms with van der Waals surface area (Å²) < 4.78 is 11.0. The maximum atomic E-state index is 14.3. The summed E-state index contributed by atoms with van der Waals surface area (Å²) in [5, 5.41) is 8.12. The first-order valence-electron chi connectivity index (χ1n) is 21.9. The Morgan fingerprint density at radius 1 is 0.817 bits per heavy atom. The number of rotatable bonds is 16. The van der Waals surface area contributed by atoms with E-state index in [-0.39, 0.29) is 53.8 Å². The fraction of sp³-hybridized carbons (Fsp3) is 0.540. The molecule has 10 heteroatoms. The maximum absolute atomic E-state index is 14.3. The molecule has 0 fully saturated rings. The molecule has 0 saturated heterocycles. The number of Topliss-reactive ketones (excluding diaryl/α,β-unsaturated/α-hetero) is 1. The molecule has 6 rings (SSSR count). The average Bonchev–Trinajstić information content (AvgIpc) is 3.94. The van der Waals surface area contributed by atoms with Gasteiger partial charge in [-0.15, -0.1) is 38.5 Å². The van der Waals surface area contributed by atoms with Crippen molar-refractivity contribution < 1.29 is 23.9 Å². The second-order valence-corrected chi connectivity index (χ2v) is 17.6. The second kappa shape index (κ2) is 20.2. The summed E-state index contributed by atoms with van der Waals surface area (Å²) >= 11 is 0. The number of ketones is 1. The van der Waals surface area contributed by atoms with Crippen LogP contribution in [0.3, 0.4) is 0 Å². The van der Waals surface area contributed by atoms with Crippen molar-refractivity contribution in [3.63, 3.8) is 0 Å². The van der Waals surface area contributed by atoms with Gasteiger partial charge >= 0.3 is 35.0 Å². The van der Waals surface area contributed by atoms with Crippen LogP contribution in [0.25, 0.3) is 29.1 Å². The van der Waals surface area contributed by atoms with Gasteiger partial charge in [0.15, 0.2) is 5.78 Å². The number of esters is 2. The minimum absolute atomic E-state index is 0. The van der Waals surface area contributed by atoms with E-state index in [1.54, 1.807) is 0 Å². The summed E-state index contributed by atoms with van der Waals surface area (Å²) in [6, 6.07) is -0.627. The van der Waals surface area contributed by atoms with Gasteiger partial charge < -0.3 is 29.7 Å². The van der Waals surface area contributed by atoms with Crippen molar-refractivity contribution in [2.45, 2.75) is 139 Å². The third-order valence-corrected chi connectivity index (χ3v) is 13.1. The van der Waals surface area contributed by atoms with Crippen LogP contribution in [0, 0.1) is 44.4 Å². The number of hydrogen-bond donors (Lipinski definition) is 0. The summed E-state index contributed by atoms with van der Waals surface area (Å²) in [4.78, 5) is 56.6. The Kier molecular flexibility index (Phi) is 15.9. The van der Waals surface area contributed by atoms with Gasteiger partial charge in [-0.05, 0) is 90.6 Å². The number of hydrogen-bond acceptors (Lipinski definition) is 5. The molecule has 318 valence electrons. The van der Waals surface area contributed by atoms with E-state index in [1.165, 1.54) is 38.4 Å². The zero-order valence-electron chi connectivity index (χ0n) is 38.0. The quantitative estimate of drug-likeness (QED) is 0.0708. The smallest absolute Gasteiger partial charge is 0.678 e. The summed E-state index contributed by atoms with van der Waals surface area (Å²) in [7, 11) is 1.30. The third-order valence-electron chi connectivity index (χ3n) is 13.1. The van der Waals surface area contributed by atoms with Gasteiger partial charge in [0.05, 0.1) is 7.11 Å². The summed E-state index contributed by atoms with van der Waals surface area (Å²) in [6.45, 7) is 21.6. The van der Waals surface area contributed by atoms with Gasteiger partial charge in [-0.1, -0.05) is 129 Å². The first kappa shape index (κ1) is 47.0. The predicted molar refractivity (Wildman–Crippen MR) is 240 cm³/mol. The van der Waals surface area contributed by atoms with E-state index in [2.05, 4.69) is 61.5 Å². The summed E-state index contributed by atoms with van der Waals surface area (Å²) in [6.07, 6.45) is 17.4. The van der Waals surface area contributed by atoms with Crippen LogP contribution in [-0.2, 0) is 31.9 Å². The van der Waals surface area contributed by atoms with E-state index >= 15 is 0 Å². The molecule has 0 saturated carbocycles. The molecular weight excluding hydrogens is 761 g/mol. The zero-order valence-corrected chi connectivity index (χ0v) is 39.4. The number of fused-ring (bicyclic) bond motifs is 8. The van der Waals surface area contributed by atoms with Gasteiger partial charge in [-0.2, -0.15) is 0 Å². The van der Waals surface area contributed by atoms with Gasteiger partial charge in [0.1, 0.15) is 12.5 Å². The molecule has 0 spiro atoms. The third kappa shape index (κ3) is 9.70. The molecule has 4 atom stereocenters. The molecule has 3 aliphatic rings. The van der Waals surface area contributed by atoms with Crippen molar-refractivity contribution in [1.29, 1.82) is 0 Å². The molecule has 5 heterocycles. The number of carbonyl (C=O) groups excluding carboxylic acids is 3. The minimum Gasteiger partial charge on any atom is -0.678 e. The fourth-order valence-electron chi connectivity index (χ4n) is 9.41. The first-order valence-corrected chi connectivity index (χ1v) is 21.9. The van der Waals surface area contributed by atoms with Crippen molar-refractivity contribution in [3.8, 4) is 0 Å². The van der Waals surface area contributed by atoms with E-state index in [1.807, 2.05) is 32.1 Å². The molecule has 3 aromatic rings. The van der Waals surface area contributed by atoms with Crippen LogP contribution in [0.1, 0.15) is 149 Å². The Labute approximate surface area is 372 Å². The minimum atomic E-state index is -1.18. The monoisotopic (exact) mass is 824 g/mol. The molecule has 1 aliphatic carbocycles. The maximum Gasteiger partial charge on any atom is 2.00 e. The Bertz CT molecular complexity index is 2420. The van der Waals surface area contributed by atoms with Crippen molar-refractivity contribution in [3.05, 3.63) is 94.4 Å². The molecular formula is C50H64MgN4O5-2. The van der Waals surface area contributed by atoms with Gasteiger partial charge in [0.2, 0.25) is 0 Å². The molecule has 0 aromatic carbocycles. The van der Waals surface area contributed by atoms with E-state index in [0.29, 0.717) is 33.8 Å². The van der Waals surface area contributed by atoms with Gasteiger partial charge in [0.25, 0.3) is 0 Å². The first-order chi connectivity index (χ1) is 28.2. The van der Waals surface area contributed by atoms with Crippen molar-refractivity contribution in [2.75, 3.05) is 13.7 Å². The number of carbonyl (C=O) groups is 3. The Balaban J connectivity index is 0.00000683. The SMILES string of the molecule is CCc1c2[n-]c(c1C)/C=c1\[n-]/c(c(C)c1CC)=C\C1=C(C)[C@H](CCC(=O)OC/C=C(\C)CCC[C@H](C)CCCC(C)C)C([N-]1)C1=c3[n-]/c(c(C)c3C(=O)[C@@H]1C(=O)OC)=C\2.[Mg+2]. The van der Waals surface area contributed by atoms with E-state index < -0.39 is 17.9 Å². The van der Waals surface area contributed by atoms with Crippen LogP contribution in [0.2, 0.25) is 0 Å². The Morgan fingerprint density at radius 3 is 2.18 bits per heavy atom. The van der Waals surface area contributed by atoms with Gasteiger partial charge in [0, 0.05) is 12.0 Å². The second-order valence-electron chi connectivity index (χ2n) is 17.6. The molecule has 1 unspecified atom stereocenters. The number of ether oxygens (including phenoxy) is 2. The molecule has 0 radical (unpaired) electrons. The van der Waals surface area contributed by atoms with Crippen molar-refractivity contribution >= 4 is 64.6 Å². The molecule has 2 aliphatic heterocycles. The summed E-state index contributed by atoms with van der Waals surface area (Å²) in [5.74, 6) is -1.26. The number of aromatic nitrogens is 3. The number of allylic oxidation sites excluding steroid dienone is 2. The number of nitrogens with zero attached hydrogens (tertiary/aromatic N) is 4. The van der Waals surface area contributed by atoms with E-state index in [4.69, 9.17) is 29.7 Å². The van der Waals surface area contributed by atoms with E-state index in [0.717, 1.165) is 93.1 Å². The normalized spacial score (nSPS) is 20.5. The van der Waals surface area contributed by atoms with Crippen LogP contribution in [0.15, 0.2) is 22.9 Å². The van der Waals surface area contributed by atoms with Crippen molar-refractivity contribution in [2.24, 2.45) is 23.7 Å². The molecule has 3 aromatic heterocycles. The van der Waals surface area contributed by atoms with Crippen LogP contribution in [0.4, 0.5) is 0 Å². The average molecular weight is 825 g/mol. The molecule has 9 nitrogen and oxygen atoms in total. The van der Waals surface area contributed by atoms with Gasteiger partial charge in [-0.3, -0.25) is 14.4 Å². The van der Waals surface area contributed by atoms with Crippen LogP contribution in [0.5, 0.6) is 0 Å². The molecule has 0 amide bonds. The standard InChI is InChI=1S/C50H65N4O5.Mg/c1-12-34-30(7)37-24-39-32(9)36(20-21-43(55)59-23-22-29(6)19-15-18-28(5)17-14-16-27(3)4)47(53-39)45-46(50(57)58-11)49(56)44-33(10)40(54-48(44)45)26-42-35(13-2)31(8)38(52-42)25-41(34)51-37;/h22,24-28,36,46-47H,12-21,23H2,1-11H3,(H-,51,52,56);/q-3;+2/p-1/b29-22+,37-24-;/t28-,36+,46-,47?;/m1./s1. The fourth-order valence-corrected chi connectivity index (χ4v) is 9.41. The van der Waals surface area contributed by atoms with Crippen LogP contribution < -0.4 is 36.3 Å². The van der Waals surface area contributed by atoms with Crippen molar-refractivity contribution in [1.82, 2.24) is 15.0 Å². The topological polar surface area (TPSA) is 126 Å².